The summed E-state index contributed by atoms with van der Waals surface area (Å²) in [7, 11) is 0. The first kappa shape index (κ1) is 13.1. The van der Waals surface area contributed by atoms with Crippen molar-refractivity contribution in [3.63, 3.8) is 0 Å². The van der Waals surface area contributed by atoms with Crippen molar-refractivity contribution in [1.29, 1.82) is 0 Å². The largest absolute Gasteiger partial charge is 0.316 e. The molecule has 0 fully saturated rings. The molecular formula is C13H19F2N. The summed E-state index contributed by atoms with van der Waals surface area (Å²) in [5.74, 6) is -0.611. The van der Waals surface area contributed by atoms with Gasteiger partial charge >= 0.3 is 0 Å². The van der Waals surface area contributed by atoms with E-state index in [-0.39, 0.29) is 0 Å². The lowest BCUT2D eigenvalue weighted by Gasteiger charge is -2.12. The molecule has 1 unspecified atom stereocenters. The molecule has 0 radical (unpaired) electrons. The van der Waals surface area contributed by atoms with Gasteiger partial charge in [0.05, 0.1) is 0 Å². The first-order valence-electron chi connectivity index (χ1n) is 5.77. The molecule has 0 saturated carbocycles. The van der Waals surface area contributed by atoms with Gasteiger partial charge in [0.2, 0.25) is 0 Å². The molecule has 1 nitrogen and oxygen atoms in total. The Kier molecular flexibility index (Phi) is 5.39. The minimum atomic E-state index is -0.497. The van der Waals surface area contributed by atoms with Gasteiger partial charge < -0.3 is 5.32 Å². The summed E-state index contributed by atoms with van der Waals surface area (Å²) >= 11 is 0. The number of benzene rings is 1. The van der Waals surface area contributed by atoms with Crippen LogP contribution < -0.4 is 5.32 Å². The van der Waals surface area contributed by atoms with Crippen molar-refractivity contribution in [2.45, 2.75) is 26.7 Å². The predicted octanol–water partition coefficient (Wildman–Crippen LogP) is 3.14. The van der Waals surface area contributed by atoms with Gasteiger partial charge in [-0.1, -0.05) is 13.8 Å². The van der Waals surface area contributed by atoms with Gasteiger partial charge in [-0.05, 0) is 49.5 Å². The quantitative estimate of drug-likeness (QED) is 0.736. The molecule has 1 N–H and O–H groups in total. The van der Waals surface area contributed by atoms with E-state index in [2.05, 4.69) is 19.2 Å². The van der Waals surface area contributed by atoms with E-state index in [9.17, 15) is 8.78 Å². The van der Waals surface area contributed by atoms with Gasteiger partial charge in [-0.3, -0.25) is 0 Å². The zero-order valence-corrected chi connectivity index (χ0v) is 9.89. The third kappa shape index (κ3) is 4.71. The van der Waals surface area contributed by atoms with Crippen LogP contribution in [0.4, 0.5) is 8.78 Å². The lowest BCUT2D eigenvalue weighted by atomic mass is 10.0. The number of hydrogen-bond acceptors (Lipinski definition) is 1. The monoisotopic (exact) mass is 227 g/mol. The molecule has 0 saturated heterocycles. The van der Waals surface area contributed by atoms with E-state index in [1.165, 1.54) is 12.1 Å². The van der Waals surface area contributed by atoms with Crippen LogP contribution >= 0.6 is 0 Å². The summed E-state index contributed by atoms with van der Waals surface area (Å²) in [5.41, 5.74) is 0.725. The van der Waals surface area contributed by atoms with Crippen LogP contribution in [-0.4, -0.2) is 13.1 Å². The van der Waals surface area contributed by atoms with Crippen LogP contribution in [0.1, 0.15) is 25.8 Å². The van der Waals surface area contributed by atoms with Gasteiger partial charge in [0, 0.05) is 6.07 Å². The second kappa shape index (κ2) is 6.59. The van der Waals surface area contributed by atoms with Crippen LogP contribution in [0, 0.1) is 17.6 Å². The smallest absolute Gasteiger partial charge is 0.126 e. The van der Waals surface area contributed by atoms with Crippen molar-refractivity contribution in [2.75, 3.05) is 13.1 Å². The molecule has 0 aliphatic rings. The molecule has 3 heteroatoms. The summed E-state index contributed by atoms with van der Waals surface area (Å²) in [4.78, 5) is 0. The zero-order chi connectivity index (χ0) is 12.0. The van der Waals surface area contributed by atoms with Crippen molar-refractivity contribution >= 4 is 0 Å². The summed E-state index contributed by atoms with van der Waals surface area (Å²) in [5, 5.41) is 3.30. The highest BCUT2D eigenvalue weighted by molar-refractivity contribution is 5.18. The molecule has 1 aromatic carbocycles. The molecule has 0 heterocycles. The zero-order valence-electron chi connectivity index (χ0n) is 9.89. The second-order valence-corrected chi connectivity index (χ2v) is 4.29. The normalized spacial score (nSPS) is 12.8. The Hall–Kier alpha value is -0.960. The fourth-order valence-corrected chi connectivity index (χ4v) is 1.73. The van der Waals surface area contributed by atoms with E-state index in [1.54, 1.807) is 0 Å². The summed E-state index contributed by atoms with van der Waals surface area (Å²) in [6, 6.07) is 3.71. The molecule has 0 amide bonds. The van der Waals surface area contributed by atoms with Gasteiger partial charge in [0.1, 0.15) is 11.6 Å². The van der Waals surface area contributed by atoms with Crippen LogP contribution in [0.3, 0.4) is 0 Å². The SMILES string of the molecule is CCCNCC(C)Cc1cc(F)cc(F)c1. The van der Waals surface area contributed by atoms with Crippen molar-refractivity contribution in [2.24, 2.45) is 5.92 Å². The Labute approximate surface area is 95.9 Å². The topological polar surface area (TPSA) is 12.0 Å². The Bertz CT molecular complexity index is 305. The highest BCUT2D eigenvalue weighted by Gasteiger charge is 2.06. The maximum Gasteiger partial charge on any atom is 0.126 e. The van der Waals surface area contributed by atoms with Gasteiger partial charge in [-0.15, -0.1) is 0 Å². The van der Waals surface area contributed by atoms with E-state index in [4.69, 9.17) is 0 Å². The maximum atomic E-state index is 12.9. The average molecular weight is 227 g/mol. The summed E-state index contributed by atoms with van der Waals surface area (Å²) in [6.45, 7) is 6.05. The fourth-order valence-electron chi connectivity index (χ4n) is 1.73. The van der Waals surface area contributed by atoms with E-state index in [0.29, 0.717) is 12.3 Å². The number of halogens is 2. The van der Waals surface area contributed by atoms with Gasteiger partial charge in [-0.2, -0.15) is 0 Å². The van der Waals surface area contributed by atoms with Crippen LogP contribution in [0.25, 0.3) is 0 Å². The van der Waals surface area contributed by atoms with E-state index in [1.807, 2.05) is 0 Å². The first-order valence-corrected chi connectivity index (χ1v) is 5.77. The molecule has 0 aliphatic heterocycles. The van der Waals surface area contributed by atoms with Crippen molar-refractivity contribution < 1.29 is 8.78 Å². The molecule has 0 aliphatic carbocycles. The van der Waals surface area contributed by atoms with E-state index >= 15 is 0 Å². The Morgan fingerprint density at radius 3 is 2.38 bits per heavy atom. The lowest BCUT2D eigenvalue weighted by Crippen LogP contribution is -2.23. The van der Waals surface area contributed by atoms with Crippen LogP contribution in [0.5, 0.6) is 0 Å². The molecule has 16 heavy (non-hydrogen) atoms. The van der Waals surface area contributed by atoms with Gasteiger partial charge in [0.15, 0.2) is 0 Å². The molecule has 1 rings (SSSR count). The Balaban J connectivity index is 2.45. The molecule has 0 bridgehead atoms. The molecule has 90 valence electrons. The molecule has 1 aromatic rings. The fraction of sp³-hybridized carbons (Fsp3) is 0.538. The van der Waals surface area contributed by atoms with Crippen molar-refractivity contribution in [1.82, 2.24) is 5.32 Å². The third-order valence-electron chi connectivity index (χ3n) is 2.43. The number of nitrogens with one attached hydrogen (secondary N) is 1. The Morgan fingerprint density at radius 1 is 1.19 bits per heavy atom. The first-order chi connectivity index (χ1) is 7.61. The summed E-state index contributed by atoms with van der Waals surface area (Å²) in [6.07, 6.45) is 1.80. The van der Waals surface area contributed by atoms with Crippen molar-refractivity contribution in [3.8, 4) is 0 Å². The van der Waals surface area contributed by atoms with Crippen molar-refractivity contribution in [3.05, 3.63) is 35.4 Å². The van der Waals surface area contributed by atoms with Gasteiger partial charge in [0.25, 0.3) is 0 Å². The Morgan fingerprint density at radius 2 is 1.81 bits per heavy atom. The average Bonchev–Trinajstić information content (AvgIpc) is 2.16. The lowest BCUT2D eigenvalue weighted by molar-refractivity contribution is 0.506. The molecule has 0 aromatic heterocycles. The highest BCUT2D eigenvalue weighted by Crippen LogP contribution is 2.12. The number of hydrogen-bond donors (Lipinski definition) is 1. The summed E-state index contributed by atoms with van der Waals surface area (Å²) < 4.78 is 25.9. The maximum absolute atomic E-state index is 12.9. The standard InChI is InChI=1S/C13H19F2N/c1-3-4-16-9-10(2)5-11-6-12(14)8-13(15)7-11/h6-8,10,16H,3-5,9H2,1-2H3. The number of rotatable bonds is 6. The minimum absolute atomic E-state index is 0.382. The van der Waals surface area contributed by atoms with E-state index in [0.717, 1.165) is 31.1 Å². The van der Waals surface area contributed by atoms with Gasteiger partial charge in [-0.25, -0.2) is 8.78 Å². The third-order valence-corrected chi connectivity index (χ3v) is 2.43. The minimum Gasteiger partial charge on any atom is -0.316 e. The van der Waals surface area contributed by atoms with Crippen LogP contribution in [0.15, 0.2) is 18.2 Å². The van der Waals surface area contributed by atoms with E-state index < -0.39 is 11.6 Å². The molecular weight excluding hydrogens is 208 g/mol. The second-order valence-electron chi connectivity index (χ2n) is 4.29. The van der Waals surface area contributed by atoms with Crippen LogP contribution in [-0.2, 0) is 6.42 Å². The molecule has 1 atom stereocenters. The predicted molar refractivity (Wildman–Crippen MR) is 62.4 cm³/mol. The van der Waals surface area contributed by atoms with Crippen LogP contribution in [0.2, 0.25) is 0 Å². The molecule has 0 spiro atoms. The highest BCUT2D eigenvalue weighted by atomic mass is 19.1.